The molecule has 3 heteroatoms. The van der Waals surface area contributed by atoms with Crippen molar-refractivity contribution in [2.45, 2.75) is 19.3 Å². The van der Waals surface area contributed by atoms with E-state index in [4.69, 9.17) is 14.6 Å². The lowest BCUT2D eigenvalue weighted by molar-refractivity contribution is -0.208. The third-order valence-corrected chi connectivity index (χ3v) is 1.05. The maximum Gasteiger partial charge on any atom is 0.178 e. The fourth-order valence-corrected chi connectivity index (χ4v) is 0.589. The molecule has 0 aromatic rings. The van der Waals surface area contributed by atoms with Gasteiger partial charge in [-0.15, -0.1) is 0 Å². The average Bonchev–Trinajstić information content (AvgIpc) is 1.77. The summed E-state index contributed by atoms with van der Waals surface area (Å²) in [7, 11) is 0. The minimum atomic E-state index is -0.703. The molecule has 2 atom stereocenters. The van der Waals surface area contributed by atoms with Gasteiger partial charge in [-0.25, -0.2) is 0 Å². The molecule has 1 fully saturated rings. The van der Waals surface area contributed by atoms with Crippen molar-refractivity contribution in [3.63, 3.8) is 0 Å². The molecule has 0 radical (unpaired) electrons. The first-order valence-electron chi connectivity index (χ1n) is 2.70. The highest BCUT2D eigenvalue weighted by molar-refractivity contribution is 4.54. The van der Waals surface area contributed by atoms with E-state index in [1.165, 1.54) is 0 Å². The van der Waals surface area contributed by atoms with Crippen LogP contribution < -0.4 is 0 Å². The highest BCUT2D eigenvalue weighted by Gasteiger charge is 2.15. The second-order valence-electron chi connectivity index (χ2n) is 1.93. The van der Waals surface area contributed by atoms with Gasteiger partial charge in [0.05, 0.1) is 19.3 Å². The third kappa shape index (κ3) is 1.43. The van der Waals surface area contributed by atoms with Gasteiger partial charge in [0, 0.05) is 0 Å². The molecule has 0 aromatic heterocycles. The van der Waals surface area contributed by atoms with E-state index in [-0.39, 0.29) is 6.10 Å². The molecule has 3 nitrogen and oxygen atoms in total. The van der Waals surface area contributed by atoms with E-state index < -0.39 is 6.29 Å². The Hall–Kier alpha value is -0.120. The van der Waals surface area contributed by atoms with E-state index in [9.17, 15) is 0 Å². The molecule has 0 saturated carbocycles. The van der Waals surface area contributed by atoms with Gasteiger partial charge in [-0.1, -0.05) is 0 Å². The van der Waals surface area contributed by atoms with Crippen molar-refractivity contribution in [2.24, 2.45) is 0 Å². The summed E-state index contributed by atoms with van der Waals surface area (Å²) in [5, 5.41) is 8.68. The second-order valence-corrected chi connectivity index (χ2v) is 1.93. The van der Waals surface area contributed by atoms with Crippen molar-refractivity contribution >= 4 is 0 Å². The Kier molecular flexibility index (Phi) is 1.83. The molecule has 1 aliphatic rings. The lowest BCUT2D eigenvalue weighted by atomic mass is 10.4. The van der Waals surface area contributed by atoms with Gasteiger partial charge in [0.25, 0.3) is 0 Å². The van der Waals surface area contributed by atoms with E-state index in [1.54, 1.807) is 0 Å². The Morgan fingerprint density at radius 1 is 1.38 bits per heavy atom. The van der Waals surface area contributed by atoms with Gasteiger partial charge in [0.2, 0.25) is 0 Å². The lowest BCUT2D eigenvalue weighted by Crippen LogP contribution is -2.33. The van der Waals surface area contributed by atoms with Gasteiger partial charge in [0.15, 0.2) is 6.29 Å². The van der Waals surface area contributed by atoms with Crippen molar-refractivity contribution in [3.8, 4) is 0 Å². The van der Waals surface area contributed by atoms with Crippen LogP contribution in [0, 0.1) is 0 Å². The first kappa shape index (κ1) is 6.01. The van der Waals surface area contributed by atoms with Gasteiger partial charge in [-0.3, -0.25) is 0 Å². The molecule has 1 saturated heterocycles. The van der Waals surface area contributed by atoms with Crippen molar-refractivity contribution in [1.82, 2.24) is 0 Å². The van der Waals surface area contributed by atoms with E-state index >= 15 is 0 Å². The molecule has 0 bridgehead atoms. The number of aliphatic hydroxyl groups excluding tert-OH is 1. The number of hydrogen-bond acceptors (Lipinski definition) is 3. The topological polar surface area (TPSA) is 38.7 Å². The fourth-order valence-electron chi connectivity index (χ4n) is 0.589. The van der Waals surface area contributed by atoms with Crippen molar-refractivity contribution in [1.29, 1.82) is 0 Å². The first-order valence-corrected chi connectivity index (χ1v) is 2.70. The summed E-state index contributed by atoms with van der Waals surface area (Å²) < 4.78 is 9.84. The molecule has 0 spiro atoms. The van der Waals surface area contributed by atoms with Crippen LogP contribution in [0.25, 0.3) is 0 Å². The van der Waals surface area contributed by atoms with Crippen LogP contribution in [-0.2, 0) is 9.47 Å². The first-order chi connectivity index (χ1) is 3.79. The SMILES string of the molecule is C[C@H]1CO[C@@H](O)CO1. The fraction of sp³-hybridized carbons (Fsp3) is 1.00. The minimum absolute atomic E-state index is 0.137. The predicted octanol–water partition coefficient (Wildman–Crippen LogP) is -0.260. The summed E-state index contributed by atoms with van der Waals surface area (Å²) in [6, 6.07) is 0. The molecule has 0 amide bonds. The van der Waals surface area contributed by atoms with Gasteiger partial charge in [-0.2, -0.15) is 0 Å². The molecule has 8 heavy (non-hydrogen) atoms. The molecule has 1 heterocycles. The maximum atomic E-state index is 8.68. The van der Waals surface area contributed by atoms with Crippen LogP contribution in [0.5, 0.6) is 0 Å². The van der Waals surface area contributed by atoms with Gasteiger partial charge < -0.3 is 14.6 Å². The smallest absolute Gasteiger partial charge is 0.178 e. The summed E-state index contributed by atoms with van der Waals surface area (Å²) in [5.41, 5.74) is 0. The molecule has 0 unspecified atom stereocenters. The summed E-state index contributed by atoms with van der Waals surface area (Å²) >= 11 is 0. The standard InChI is InChI=1S/C5H10O3/c1-4-2-8-5(6)3-7-4/h4-6H,2-3H2,1H3/t4-,5+/m0/s1. The molecule has 1 aliphatic heterocycles. The molecular weight excluding hydrogens is 108 g/mol. The highest BCUT2D eigenvalue weighted by Crippen LogP contribution is 2.02. The largest absolute Gasteiger partial charge is 0.371 e. The van der Waals surface area contributed by atoms with Crippen molar-refractivity contribution in [3.05, 3.63) is 0 Å². The van der Waals surface area contributed by atoms with Gasteiger partial charge >= 0.3 is 0 Å². The summed E-state index contributed by atoms with van der Waals surface area (Å²) in [6.45, 7) is 2.72. The van der Waals surface area contributed by atoms with E-state index in [0.29, 0.717) is 13.2 Å². The number of rotatable bonds is 0. The Labute approximate surface area is 48.2 Å². The summed E-state index contributed by atoms with van der Waals surface area (Å²) in [4.78, 5) is 0. The monoisotopic (exact) mass is 118 g/mol. The van der Waals surface area contributed by atoms with Gasteiger partial charge in [0.1, 0.15) is 0 Å². The van der Waals surface area contributed by atoms with E-state index in [1.807, 2.05) is 6.92 Å². The quantitative estimate of drug-likeness (QED) is 0.476. The van der Waals surface area contributed by atoms with Crippen molar-refractivity contribution < 1.29 is 14.6 Å². The molecule has 0 aliphatic carbocycles. The van der Waals surface area contributed by atoms with Crippen LogP contribution in [0.2, 0.25) is 0 Å². The zero-order valence-electron chi connectivity index (χ0n) is 4.83. The van der Waals surface area contributed by atoms with Crippen LogP contribution in [0.3, 0.4) is 0 Å². The summed E-state index contributed by atoms with van der Waals surface area (Å²) in [6.07, 6.45) is -0.565. The Balaban J connectivity index is 2.19. The van der Waals surface area contributed by atoms with E-state index in [2.05, 4.69) is 0 Å². The van der Waals surface area contributed by atoms with Gasteiger partial charge in [-0.05, 0) is 6.92 Å². The second kappa shape index (κ2) is 2.44. The van der Waals surface area contributed by atoms with E-state index in [0.717, 1.165) is 0 Å². The zero-order valence-corrected chi connectivity index (χ0v) is 4.83. The number of aliphatic hydroxyl groups is 1. The number of hydrogen-bond donors (Lipinski definition) is 1. The predicted molar refractivity (Wildman–Crippen MR) is 27.4 cm³/mol. The Morgan fingerprint density at radius 2 is 2.12 bits per heavy atom. The lowest BCUT2D eigenvalue weighted by Gasteiger charge is -2.23. The van der Waals surface area contributed by atoms with Crippen LogP contribution in [0.4, 0.5) is 0 Å². The third-order valence-electron chi connectivity index (χ3n) is 1.05. The van der Waals surface area contributed by atoms with Crippen LogP contribution in [0.1, 0.15) is 6.92 Å². The molecule has 0 aromatic carbocycles. The summed E-state index contributed by atoms with van der Waals surface area (Å²) in [5.74, 6) is 0. The Bertz CT molecular complexity index is 56.1. The van der Waals surface area contributed by atoms with Crippen LogP contribution >= 0.6 is 0 Å². The van der Waals surface area contributed by atoms with Crippen molar-refractivity contribution in [2.75, 3.05) is 13.2 Å². The van der Waals surface area contributed by atoms with Crippen LogP contribution in [0.15, 0.2) is 0 Å². The Morgan fingerprint density at radius 3 is 2.50 bits per heavy atom. The molecule has 48 valence electrons. The average molecular weight is 118 g/mol. The maximum absolute atomic E-state index is 8.68. The molecule has 1 rings (SSSR count). The zero-order chi connectivity index (χ0) is 5.98. The van der Waals surface area contributed by atoms with Crippen LogP contribution in [-0.4, -0.2) is 30.7 Å². The normalized spacial score (nSPS) is 39.8. The number of ether oxygens (including phenoxy) is 2. The molecular formula is C5H10O3. The molecule has 1 N–H and O–H groups in total. The minimum Gasteiger partial charge on any atom is -0.371 e. The highest BCUT2D eigenvalue weighted by atomic mass is 16.7.